The van der Waals surface area contributed by atoms with E-state index in [1.807, 2.05) is 24.3 Å². The number of hydrogen-bond acceptors (Lipinski definition) is 3. The van der Waals surface area contributed by atoms with Gasteiger partial charge in [-0.15, -0.1) is 0 Å². The summed E-state index contributed by atoms with van der Waals surface area (Å²) >= 11 is 3.39. The van der Waals surface area contributed by atoms with E-state index in [0.29, 0.717) is 13.2 Å². The Morgan fingerprint density at radius 1 is 1.27 bits per heavy atom. The molecule has 0 atom stereocenters. The summed E-state index contributed by atoms with van der Waals surface area (Å²) in [7, 11) is 1.64. The molecule has 0 heterocycles. The third kappa shape index (κ3) is 5.16. The summed E-state index contributed by atoms with van der Waals surface area (Å²) in [5.41, 5.74) is 1.18. The van der Waals surface area contributed by atoms with Crippen molar-refractivity contribution in [1.29, 1.82) is 0 Å². The minimum Gasteiger partial charge on any atom is -0.468 e. The minimum atomic E-state index is 0.259. The molecule has 0 saturated carbocycles. The van der Waals surface area contributed by atoms with Crippen molar-refractivity contribution in [3.8, 4) is 5.75 Å². The summed E-state index contributed by atoms with van der Waals surface area (Å²) in [5.74, 6) is 0.823. The number of hydrogen-bond donors (Lipinski definition) is 0. The van der Waals surface area contributed by atoms with Gasteiger partial charge in [-0.05, 0) is 17.7 Å². The SMILES string of the molecule is COCCOCOc1cccc(CBr)c1. The van der Waals surface area contributed by atoms with Crippen molar-refractivity contribution in [1.82, 2.24) is 0 Å². The lowest BCUT2D eigenvalue weighted by Crippen LogP contribution is -2.07. The van der Waals surface area contributed by atoms with Crippen LogP contribution in [0.4, 0.5) is 0 Å². The summed E-state index contributed by atoms with van der Waals surface area (Å²) < 4.78 is 15.4. The maximum Gasteiger partial charge on any atom is 0.189 e. The standard InChI is InChI=1S/C11H15BrO3/c1-13-5-6-14-9-15-11-4-2-3-10(7-11)8-12/h2-4,7H,5-6,8-9H2,1H3. The molecular formula is C11H15BrO3. The first-order valence-corrected chi connectivity index (χ1v) is 5.83. The Morgan fingerprint density at radius 3 is 2.87 bits per heavy atom. The number of halogens is 1. The Balaban J connectivity index is 2.24. The van der Waals surface area contributed by atoms with Crippen molar-refractivity contribution >= 4 is 15.9 Å². The predicted molar refractivity (Wildman–Crippen MR) is 62.4 cm³/mol. The molecule has 15 heavy (non-hydrogen) atoms. The molecule has 0 unspecified atom stereocenters. The van der Waals surface area contributed by atoms with Crippen LogP contribution in [0.2, 0.25) is 0 Å². The molecule has 0 aliphatic heterocycles. The van der Waals surface area contributed by atoms with E-state index in [2.05, 4.69) is 15.9 Å². The molecule has 84 valence electrons. The van der Waals surface area contributed by atoms with Gasteiger partial charge < -0.3 is 14.2 Å². The Kier molecular flexibility index (Phi) is 6.39. The molecule has 0 fully saturated rings. The van der Waals surface area contributed by atoms with E-state index in [0.717, 1.165) is 11.1 Å². The van der Waals surface area contributed by atoms with E-state index in [-0.39, 0.29) is 6.79 Å². The van der Waals surface area contributed by atoms with Gasteiger partial charge in [0.1, 0.15) is 5.75 Å². The average molecular weight is 275 g/mol. The quantitative estimate of drug-likeness (QED) is 0.435. The van der Waals surface area contributed by atoms with Crippen LogP contribution in [0.1, 0.15) is 5.56 Å². The van der Waals surface area contributed by atoms with Crippen LogP contribution in [0.25, 0.3) is 0 Å². The second-order valence-corrected chi connectivity index (χ2v) is 3.51. The Hall–Kier alpha value is -0.580. The van der Waals surface area contributed by atoms with Gasteiger partial charge in [0.2, 0.25) is 0 Å². The second-order valence-electron chi connectivity index (χ2n) is 2.94. The van der Waals surface area contributed by atoms with Crippen molar-refractivity contribution in [2.45, 2.75) is 5.33 Å². The molecule has 0 saturated heterocycles. The van der Waals surface area contributed by atoms with Crippen LogP contribution in [0.5, 0.6) is 5.75 Å². The van der Waals surface area contributed by atoms with Crippen molar-refractivity contribution in [2.75, 3.05) is 27.1 Å². The molecule has 0 bridgehead atoms. The summed E-state index contributed by atoms with van der Waals surface area (Å²) in [6.45, 7) is 1.40. The van der Waals surface area contributed by atoms with Gasteiger partial charge in [-0.3, -0.25) is 0 Å². The first-order valence-electron chi connectivity index (χ1n) is 4.71. The Bertz CT molecular complexity index is 278. The molecule has 0 aliphatic rings. The highest BCUT2D eigenvalue weighted by Gasteiger charge is 1.95. The van der Waals surface area contributed by atoms with Gasteiger partial charge >= 0.3 is 0 Å². The lowest BCUT2D eigenvalue weighted by Gasteiger charge is -2.07. The van der Waals surface area contributed by atoms with E-state index in [1.165, 1.54) is 5.56 Å². The first kappa shape index (κ1) is 12.5. The van der Waals surface area contributed by atoms with Crippen molar-refractivity contribution in [2.24, 2.45) is 0 Å². The first-order chi connectivity index (χ1) is 7.36. The zero-order chi connectivity index (χ0) is 10.9. The molecule has 0 aliphatic carbocycles. The van der Waals surface area contributed by atoms with Gasteiger partial charge in [0.15, 0.2) is 6.79 Å². The number of methoxy groups -OCH3 is 1. The van der Waals surface area contributed by atoms with Gasteiger partial charge in [-0.25, -0.2) is 0 Å². The molecule has 0 radical (unpaired) electrons. The lowest BCUT2D eigenvalue weighted by atomic mass is 10.2. The molecule has 1 rings (SSSR count). The van der Waals surface area contributed by atoms with Crippen LogP contribution in [-0.2, 0) is 14.8 Å². The maximum atomic E-state index is 5.40. The van der Waals surface area contributed by atoms with E-state index in [4.69, 9.17) is 14.2 Å². The van der Waals surface area contributed by atoms with Crippen molar-refractivity contribution in [3.05, 3.63) is 29.8 Å². The van der Waals surface area contributed by atoms with Crippen molar-refractivity contribution in [3.63, 3.8) is 0 Å². The molecule has 3 nitrogen and oxygen atoms in total. The molecule has 1 aromatic rings. The fourth-order valence-electron chi connectivity index (χ4n) is 1.03. The van der Waals surface area contributed by atoms with E-state index in [9.17, 15) is 0 Å². The summed E-state index contributed by atoms with van der Waals surface area (Å²) in [4.78, 5) is 0. The maximum absolute atomic E-state index is 5.40. The van der Waals surface area contributed by atoms with Crippen LogP contribution < -0.4 is 4.74 Å². The Labute approximate surface area is 98.5 Å². The van der Waals surface area contributed by atoms with Gasteiger partial charge in [-0.2, -0.15) is 0 Å². The number of ether oxygens (including phenoxy) is 3. The fourth-order valence-corrected chi connectivity index (χ4v) is 1.38. The smallest absolute Gasteiger partial charge is 0.189 e. The van der Waals surface area contributed by atoms with Gasteiger partial charge in [-0.1, -0.05) is 28.1 Å². The lowest BCUT2D eigenvalue weighted by molar-refractivity contribution is -0.00848. The van der Waals surface area contributed by atoms with Gasteiger partial charge in [0, 0.05) is 12.4 Å². The molecule has 0 spiro atoms. The van der Waals surface area contributed by atoms with Gasteiger partial charge in [0.25, 0.3) is 0 Å². The zero-order valence-corrected chi connectivity index (χ0v) is 10.3. The van der Waals surface area contributed by atoms with E-state index in [1.54, 1.807) is 7.11 Å². The molecule has 0 amide bonds. The van der Waals surface area contributed by atoms with Crippen LogP contribution >= 0.6 is 15.9 Å². The highest BCUT2D eigenvalue weighted by atomic mass is 79.9. The highest BCUT2D eigenvalue weighted by molar-refractivity contribution is 9.08. The van der Waals surface area contributed by atoms with Crippen LogP contribution in [0.15, 0.2) is 24.3 Å². The largest absolute Gasteiger partial charge is 0.468 e. The third-order valence-corrected chi connectivity index (χ3v) is 2.44. The number of rotatable bonds is 7. The Morgan fingerprint density at radius 2 is 2.13 bits per heavy atom. The average Bonchev–Trinajstić information content (AvgIpc) is 2.29. The molecule has 0 aromatic heterocycles. The van der Waals surface area contributed by atoms with Crippen LogP contribution in [0, 0.1) is 0 Å². The fraction of sp³-hybridized carbons (Fsp3) is 0.455. The van der Waals surface area contributed by atoms with E-state index >= 15 is 0 Å². The summed E-state index contributed by atoms with van der Waals surface area (Å²) in [6.07, 6.45) is 0. The highest BCUT2D eigenvalue weighted by Crippen LogP contribution is 2.15. The second kappa shape index (κ2) is 7.68. The molecule has 0 N–H and O–H groups in total. The summed E-state index contributed by atoms with van der Waals surface area (Å²) in [6, 6.07) is 7.88. The monoisotopic (exact) mass is 274 g/mol. The third-order valence-electron chi connectivity index (χ3n) is 1.79. The molecule has 1 aromatic carbocycles. The van der Waals surface area contributed by atoms with E-state index < -0.39 is 0 Å². The van der Waals surface area contributed by atoms with Gasteiger partial charge in [0.05, 0.1) is 13.2 Å². The normalized spacial score (nSPS) is 10.3. The summed E-state index contributed by atoms with van der Waals surface area (Å²) in [5, 5.41) is 0.828. The number of alkyl halides is 1. The van der Waals surface area contributed by atoms with Crippen LogP contribution in [-0.4, -0.2) is 27.1 Å². The molecular weight excluding hydrogens is 260 g/mol. The predicted octanol–water partition coefficient (Wildman–Crippen LogP) is 2.58. The zero-order valence-electron chi connectivity index (χ0n) is 8.74. The van der Waals surface area contributed by atoms with Crippen LogP contribution in [0.3, 0.4) is 0 Å². The molecule has 4 heteroatoms. The van der Waals surface area contributed by atoms with Crippen molar-refractivity contribution < 1.29 is 14.2 Å². The minimum absolute atomic E-state index is 0.259. The topological polar surface area (TPSA) is 27.7 Å². The number of benzene rings is 1.